The molecule has 0 saturated carbocycles. The fourth-order valence-corrected chi connectivity index (χ4v) is 13.1. The minimum absolute atomic E-state index is 0.00419. The fourth-order valence-electron chi connectivity index (χ4n) is 13.1. The van der Waals surface area contributed by atoms with Crippen LogP contribution in [0.4, 0.5) is 0 Å². The molecule has 0 aliphatic carbocycles. The van der Waals surface area contributed by atoms with Crippen molar-refractivity contribution in [1.82, 2.24) is 18.9 Å². The second-order valence-electron chi connectivity index (χ2n) is 26.7. The summed E-state index contributed by atoms with van der Waals surface area (Å²) in [5.74, 6) is -5.63. The lowest BCUT2D eigenvalue weighted by molar-refractivity contribution is -0.142. The summed E-state index contributed by atoms with van der Waals surface area (Å²) in [6.45, 7) is 8.30. The SMILES string of the molecule is CC(=O)O/N=C(\C(=O)OCC(C)C)c1ccc(-n2c3ccc(C(=O)c4cccc5ccccc45)cc3c3cc(/C(=N\OC(C)=O)C(=O)N(C)CCN(C)C(=O)/C(=N/OC(C)=O)c4ccc5c(c4)c4cc(C(=O)c6cccc7ccccc67)ccc4n5-c4ccc(/C(Cc5ccccc5)=N/OC(C)=O)cc4)ccc32)cc1. The molecule has 0 unspecified atom stereocenters. The lowest BCUT2D eigenvalue weighted by Gasteiger charge is -2.23. The first-order valence-corrected chi connectivity index (χ1v) is 35.3. The van der Waals surface area contributed by atoms with E-state index >= 15 is 9.59 Å². The summed E-state index contributed by atoms with van der Waals surface area (Å²) in [6.07, 6.45) is 0.367. The minimum atomic E-state index is -0.820. The first-order valence-electron chi connectivity index (χ1n) is 35.3. The standard InChI is InChI=1S/C88H72N8O14/c1-52(2)51-106-88(105)83(92-110-56(6)100)61-30-38-67(39-31-61)96-78-41-33-63(48-73(78)75-50-65(35-43-80(75)96)85(102)71-27-17-23-59-21-13-15-25-69(59)71)82(91-109-55(5)99)87(104)94(8)45-44-93(7)86(103)81(90-108-54(4)98)62-32-40-77-72(47-62)74-49-64(84(101)70-26-16-22-58-20-12-14-24-68(58)70)34-42-79(74)95(77)66-36-28-60(29-37-66)76(89-107-53(3)97)46-57-18-10-9-11-19-57/h9-43,47-50,52H,44-46,51H2,1-8H3/b89-76+,90-81+,91-82+,92-83-. The Labute approximate surface area is 630 Å². The molecule has 2 aromatic heterocycles. The molecule has 22 nitrogen and oxygen atoms in total. The highest BCUT2D eigenvalue weighted by atomic mass is 16.7. The summed E-state index contributed by atoms with van der Waals surface area (Å²) < 4.78 is 9.42. The predicted molar refractivity (Wildman–Crippen MR) is 421 cm³/mol. The summed E-state index contributed by atoms with van der Waals surface area (Å²) in [4.78, 5) is 145. The van der Waals surface area contributed by atoms with Crippen LogP contribution in [-0.4, -0.2) is 129 Å². The van der Waals surface area contributed by atoms with Crippen LogP contribution in [0.5, 0.6) is 0 Å². The number of ketones is 2. The Kier molecular flexibility index (Phi) is 21.8. The number of hydrogen-bond donors (Lipinski definition) is 0. The highest BCUT2D eigenvalue weighted by Gasteiger charge is 2.29. The van der Waals surface area contributed by atoms with E-state index in [0.29, 0.717) is 94.9 Å². The molecule has 13 rings (SSSR count). The van der Waals surface area contributed by atoms with Crippen molar-refractivity contribution in [3.8, 4) is 11.4 Å². The predicted octanol–water partition coefficient (Wildman–Crippen LogP) is 14.8. The molecule has 0 saturated heterocycles. The van der Waals surface area contributed by atoms with Crippen molar-refractivity contribution in [2.45, 2.75) is 48.0 Å². The van der Waals surface area contributed by atoms with E-state index in [1.54, 1.807) is 91.0 Å². The number of benzene rings is 11. The Bertz CT molecular complexity index is 6020. The molecule has 0 fully saturated rings. The van der Waals surface area contributed by atoms with Gasteiger partial charge in [0.15, 0.2) is 28.7 Å². The van der Waals surface area contributed by atoms with Gasteiger partial charge in [0.25, 0.3) is 11.8 Å². The Balaban J connectivity index is 0.833. The maximum absolute atomic E-state index is 15.1. The van der Waals surface area contributed by atoms with Crippen molar-refractivity contribution >= 4 is 141 Å². The average molecular weight is 1470 g/mol. The Morgan fingerprint density at radius 3 is 1.14 bits per heavy atom. The molecule has 2 amide bonds. The number of aromatic nitrogens is 2. The number of amides is 2. The van der Waals surface area contributed by atoms with E-state index in [9.17, 15) is 33.6 Å². The topological polar surface area (TPSA) is 266 Å². The normalized spacial score (nSPS) is 12.0. The molecule has 22 heteroatoms. The molecule has 0 aliphatic heterocycles. The van der Waals surface area contributed by atoms with E-state index in [0.717, 1.165) is 47.9 Å². The zero-order chi connectivity index (χ0) is 77.4. The molecule has 0 N–H and O–H groups in total. The average Bonchev–Trinajstić information content (AvgIpc) is 1.59. The van der Waals surface area contributed by atoms with Crippen molar-refractivity contribution in [1.29, 1.82) is 0 Å². The molecule has 0 aliphatic rings. The third-order valence-electron chi connectivity index (χ3n) is 18.4. The minimum Gasteiger partial charge on any atom is -0.461 e. The van der Waals surface area contributed by atoms with Crippen molar-refractivity contribution in [3.63, 3.8) is 0 Å². The molecule has 13 aromatic rings. The van der Waals surface area contributed by atoms with Gasteiger partial charge in [-0.15, -0.1) is 0 Å². The molecule has 0 radical (unpaired) electrons. The largest absolute Gasteiger partial charge is 0.461 e. The van der Waals surface area contributed by atoms with E-state index in [-0.39, 0.29) is 71.0 Å². The number of carbonyl (C=O) groups excluding carboxylic acids is 9. The fraction of sp³-hybridized carbons (Fsp3) is 0.148. The van der Waals surface area contributed by atoms with Crippen molar-refractivity contribution in [3.05, 3.63) is 287 Å². The number of fused-ring (bicyclic) bond motifs is 8. The summed E-state index contributed by atoms with van der Waals surface area (Å²) in [7, 11) is 2.98. The molecular weight excluding hydrogens is 1390 g/mol. The molecule has 11 aromatic carbocycles. The van der Waals surface area contributed by atoms with Gasteiger partial charge in [0.05, 0.1) is 34.4 Å². The molecule has 0 bridgehead atoms. The maximum Gasteiger partial charge on any atom is 0.361 e. The summed E-state index contributed by atoms with van der Waals surface area (Å²) in [6, 6.07) is 71.3. The molecule has 110 heavy (non-hydrogen) atoms. The third-order valence-corrected chi connectivity index (χ3v) is 18.4. The van der Waals surface area contributed by atoms with E-state index in [1.165, 1.54) is 30.8 Å². The van der Waals surface area contributed by atoms with Gasteiger partial charge in [-0.25, -0.2) is 24.0 Å². The summed E-state index contributed by atoms with van der Waals surface area (Å²) in [5.41, 5.74) is 7.72. The lowest BCUT2D eigenvalue weighted by Crippen LogP contribution is -2.42. The van der Waals surface area contributed by atoms with Gasteiger partial charge in [0.2, 0.25) is 0 Å². The highest BCUT2D eigenvalue weighted by Crippen LogP contribution is 2.38. The van der Waals surface area contributed by atoms with E-state index in [4.69, 9.17) is 24.1 Å². The Hall–Kier alpha value is -14.2. The summed E-state index contributed by atoms with van der Waals surface area (Å²) >= 11 is 0. The van der Waals surface area contributed by atoms with Crippen LogP contribution in [0.25, 0.3) is 76.5 Å². The second-order valence-corrected chi connectivity index (χ2v) is 26.7. The van der Waals surface area contributed by atoms with Gasteiger partial charge in [-0.05, 0) is 124 Å². The van der Waals surface area contributed by atoms with Crippen LogP contribution in [-0.2, 0) is 64.1 Å². The first kappa shape index (κ1) is 74.1. The number of nitrogens with zero attached hydrogens (tertiary/aromatic N) is 8. The van der Waals surface area contributed by atoms with Crippen LogP contribution in [0.1, 0.15) is 101 Å². The second kappa shape index (κ2) is 32.3. The lowest BCUT2D eigenvalue weighted by atomic mass is 9.96. The summed E-state index contributed by atoms with van der Waals surface area (Å²) in [5, 5.41) is 22.1. The monoisotopic (exact) mass is 1460 g/mol. The zero-order valence-electron chi connectivity index (χ0n) is 61.2. The Morgan fingerprint density at radius 1 is 0.364 bits per heavy atom. The van der Waals surface area contributed by atoms with Crippen molar-refractivity contribution in [2.75, 3.05) is 33.8 Å². The van der Waals surface area contributed by atoms with Crippen molar-refractivity contribution < 1.29 is 67.2 Å². The van der Waals surface area contributed by atoms with E-state index in [2.05, 4.69) is 20.6 Å². The van der Waals surface area contributed by atoms with Gasteiger partial charge in [-0.2, -0.15) is 0 Å². The quantitative estimate of drug-likeness (QED) is 0.0179. The van der Waals surface area contributed by atoms with E-state index < -0.39 is 41.7 Å². The van der Waals surface area contributed by atoms with Gasteiger partial charge in [0, 0.05) is 133 Å². The van der Waals surface area contributed by atoms with Gasteiger partial charge in [-0.3, -0.25) is 19.2 Å². The number of esters is 1. The number of carbonyl (C=O) groups is 9. The van der Waals surface area contributed by atoms with Crippen LogP contribution in [0.15, 0.2) is 257 Å². The molecule has 0 spiro atoms. The van der Waals surface area contributed by atoms with Crippen LogP contribution in [0.3, 0.4) is 0 Å². The third kappa shape index (κ3) is 15.9. The maximum atomic E-state index is 15.1. The smallest absolute Gasteiger partial charge is 0.361 e. The van der Waals surface area contributed by atoms with Gasteiger partial charge < -0.3 is 43.0 Å². The molecular formula is C88H72N8O14. The number of oxime groups is 4. The molecule has 548 valence electrons. The van der Waals surface area contributed by atoms with Crippen LogP contribution >= 0.6 is 0 Å². The van der Waals surface area contributed by atoms with Gasteiger partial charge >= 0.3 is 29.8 Å². The van der Waals surface area contributed by atoms with E-state index in [1.807, 2.05) is 169 Å². The Morgan fingerprint density at radius 2 is 0.718 bits per heavy atom. The van der Waals surface area contributed by atoms with Gasteiger partial charge in [0.1, 0.15) is 0 Å². The number of likely N-dealkylation sites (N-methyl/N-ethyl adjacent to an activating group) is 2. The van der Waals surface area contributed by atoms with Gasteiger partial charge in [-0.1, -0.05) is 186 Å². The first-order chi connectivity index (χ1) is 53.1. The zero-order valence-corrected chi connectivity index (χ0v) is 61.2. The number of hydrogen-bond acceptors (Lipinski definition) is 18. The number of ether oxygens (including phenoxy) is 1. The van der Waals surface area contributed by atoms with Crippen LogP contribution in [0, 0.1) is 5.92 Å². The highest BCUT2D eigenvalue weighted by molar-refractivity contribution is 6.46. The number of rotatable bonds is 24. The van der Waals surface area contributed by atoms with Crippen LogP contribution in [0.2, 0.25) is 0 Å². The molecule has 2 heterocycles. The molecule has 0 atom stereocenters. The van der Waals surface area contributed by atoms with Crippen LogP contribution < -0.4 is 0 Å². The van der Waals surface area contributed by atoms with Crippen molar-refractivity contribution in [2.24, 2.45) is 26.5 Å².